The highest BCUT2D eigenvalue weighted by atomic mass is 16.5. The van der Waals surface area contributed by atoms with Gasteiger partial charge in [0, 0.05) is 23.2 Å². The van der Waals surface area contributed by atoms with Gasteiger partial charge < -0.3 is 19.6 Å². The molecule has 0 saturated carbocycles. The lowest BCUT2D eigenvalue weighted by molar-refractivity contribution is 0.0600. The average Bonchev–Trinajstić information content (AvgIpc) is 3.51. The summed E-state index contributed by atoms with van der Waals surface area (Å²) in [5.74, 6) is 0.0186. The van der Waals surface area contributed by atoms with Crippen LogP contribution in [0.1, 0.15) is 21.5 Å². The highest BCUT2D eigenvalue weighted by molar-refractivity contribution is 5.89. The highest BCUT2D eigenvalue weighted by Gasteiger charge is 2.14. The standard InChI is InChI=1S/C30H25N3O4/c1-35-30(34)25-8-4-21(5-9-25)18-37-27-17-32-28(23-6-2-20(16-31)3-7-23)29(33-27)24-12-10-22(11-13-24)26-14-15-36-19-26/h2-15,17,19H,16,18,31H2,1H3. The van der Waals surface area contributed by atoms with Crippen molar-refractivity contribution in [1.29, 1.82) is 0 Å². The minimum absolute atomic E-state index is 0.277. The van der Waals surface area contributed by atoms with Crippen molar-refractivity contribution in [1.82, 2.24) is 9.97 Å². The molecule has 37 heavy (non-hydrogen) atoms. The Morgan fingerprint density at radius 2 is 1.46 bits per heavy atom. The molecule has 3 aromatic carbocycles. The van der Waals surface area contributed by atoms with E-state index in [1.165, 1.54) is 7.11 Å². The van der Waals surface area contributed by atoms with Gasteiger partial charge in [-0.05, 0) is 34.9 Å². The van der Waals surface area contributed by atoms with Crippen molar-refractivity contribution >= 4 is 5.97 Å². The average molecular weight is 492 g/mol. The Bertz CT molecular complexity index is 1480. The maximum absolute atomic E-state index is 11.7. The Hall–Kier alpha value is -4.75. The zero-order chi connectivity index (χ0) is 25.6. The van der Waals surface area contributed by atoms with Gasteiger partial charge in [-0.25, -0.2) is 14.8 Å². The summed E-state index contributed by atoms with van der Waals surface area (Å²) in [5.41, 5.74) is 13.5. The number of aromatic nitrogens is 2. The molecule has 0 aliphatic rings. The van der Waals surface area contributed by atoms with Crippen molar-refractivity contribution in [3.05, 3.63) is 114 Å². The van der Waals surface area contributed by atoms with E-state index in [1.807, 2.05) is 66.7 Å². The monoisotopic (exact) mass is 491 g/mol. The highest BCUT2D eigenvalue weighted by Crippen LogP contribution is 2.32. The van der Waals surface area contributed by atoms with Gasteiger partial charge in [-0.2, -0.15) is 0 Å². The first-order chi connectivity index (χ1) is 18.1. The molecule has 5 rings (SSSR count). The van der Waals surface area contributed by atoms with Gasteiger partial charge in [-0.15, -0.1) is 0 Å². The molecular formula is C30H25N3O4. The Morgan fingerprint density at radius 3 is 2.11 bits per heavy atom. The maximum atomic E-state index is 11.7. The molecule has 5 aromatic rings. The Kier molecular flexibility index (Phi) is 7.05. The molecule has 184 valence electrons. The second kappa shape index (κ2) is 10.9. The molecule has 0 atom stereocenters. The van der Waals surface area contributed by atoms with Gasteiger partial charge in [0.2, 0.25) is 5.88 Å². The van der Waals surface area contributed by atoms with E-state index in [0.29, 0.717) is 23.7 Å². The molecule has 0 saturated heterocycles. The van der Waals surface area contributed by atoms with Gasteiger partial charge in [0.05, 0.1) is 37.1 Å². The fourth-order valence-electron chi connectivity index (χ4n) is 3.92. The van der Waals surface area contributed by atoms with Gasteiger partial charge in [-0.1, -0.05) is 60.7 Å². The van der Waals surface area contributed by atoms with Crippen LogP contribution in [0.4, 0.5) is 0 Å². The normalized spacial score (nSPS) is 10.8. The first kappa shape index (κ1) is 24.0. The molecule has 0 unspecified atom stereocenters. The molecule has 7 nitrogen and oxygen atoms in total. The zero-order valence-electron chi connectivity index (χ0n) is 20.3. The first-order valence-electron chi connectivity index (χ1n) is 11.7. The summed E-state index contributed by atoms with van der Waals surface area (Å²) in [7, 11) is 1.36. The van der Waals surface area contributed by atoms with Gasteiger partial charge in [0.1, 0.15) is 12.3 Å². The number of hydrogen-bond donors (Lipinski definition) is 1. The van der Waals surface area contributed by atoms with E-state index in [1.54, 1.807) is 30.9 Å². The lowest BCUT2D eigenvalue weighted by Crippen LogP contribution is -2.03. The number of esters is 1. The molecule has 0 aliphatic heterocycles. The first-order valence-corrected chi connectivity index (χ1v) is 11.7. The summed E-state index contributed by atoms with van der Waals surface area (Å²) in [6.07, 6.45) is 4.99. The van der Waals surface area contributed by atoms with Crippen molar-refractivity contribution in [3.8, 4) is 39.5 Å². The number of carbonyl (C=O) groups excluding carboxylic acids is 1. The molecule has 2 N–H and O–H groups in total. The predicted molar refractivity (Wildman–Crippen MR) is 141 cm³/mol. The number of nitrogens with zero attached hydrogens (tertiary/aromatic N) is 2. The SMILES string of the molecule is COC(=O)c1ccc(COc2cnc(-c3ccc(CN)cc3)c(-c3ccc(-c4ccoc4)cc3)n2)cc1. The van der Waals surface area contributed by atoms with Crippen LogP contribution in [0.2, 0.25) is 0 Å². The lowest BCUT2D eigenvalue weighted by Gasteiger charge is -2.12. The Morgan fingerprint density at radius 1 is 0.811 bits per heavy atom. The van der Waals surface area contributed by atoms with Gasteiger partial charge in [0.25, 0.3) is 0 Å². The van der Waals surface area contributed by atoms with E-state index in [4.69, 9.17) is 29.6 Å². The largest absolute Gasteiger partial charge is 0.472 e. The maximum Gasteiger partial charge on any atom is 0.337 e. The van der Waals surface area contributed by atoms with Crippen molar-refractivity contribution in [2.45, 2.75) is 13.2 Å². The zero-order valence-corrected chi connectivity index (χ0v) is 20.3. The fourth-order valence-corrected chi connectivity index (χ4v) is 3.92. The fraction of sp³-hybridized carbons (Fsp3) is 0.100. The van der Waals surface area contributed by atoms with Crippen LogP contribution in [-0.2, 0) is 17.9 Å². The molecule has 0 radical (unpaired) electrons. The van der Waals surface area contributed by atoms with Gasteiger partial charge in [-0.3, -0.25) is 0 Å². The quantitative estimate of drug-likeness (QED) is 0.270. The Labute approximate surface area is 214 Å². The molecule has 7 heteroatoms. The summed E-state index contributed by atoms with van der Waals surface area (Å²) in [5, 5.41) is 0. The molecule has 0 aliphatic carbocycles. The minimum atomic E-state index is -0.378. The number of furan rings is 1. The third kappa shape index (κ3) is 5.42. The molecule has 0 amide bonds. The number of rotatable bonds is 8. The number of benzene rings is 3. The van der Waals surface area contributed by atoms with Crippen molar-refractivity contribution in [3.63, 3.8) is 0 Å². The lowest BCUT2D eigenvalue weighted by atomic mass is 10.0. The Balaban J connectivity index is 1.45. The second-order valence-corrected chi connectivity index (χ2v) is 8.37. The van der Waals surface area contributed by atoms with Crippen LogP contribution in [0, 0.1) is 0 Å². The summed E-state index contributed by atoms with van der Waals surface area (Å²) >= 11 is 0. The number of ether oxygens (including phenoxy) is 2. The van der Waals surface area contributed by atoms with E-state index in [0.717, 1.165) is 39.1 Å². The smallest absolute Gasteiger partial charge is 0.337 e. The van der Waals surface area contributed by atoms with E-state index in [9.17, 15) is 4.79 Å². The van der Waals surface area contributed by atoms with Crippen molar-refractivity contribution in [2.24, 2.45) is 5.73 Å². The number of nitrogens with two attached hydrogens (primary N) is 1. The summed E-state index contributed by atoms with van der Waals surface area (Å²) in [6.45, 7) is 0.751. The molecule has 0 bridgehead atoms. The minimum Gasteiger partial charge on any atom is -0.472 e. The number of carbonyl (C=O) groups is 1. The van der Waals surface area contributed by atoms with Gasteiger partial charge >= 0.3 is 5.97 Å². The van der Waals surface area contributed by atoms with Crippen LogP contribution >= 0.6 is 0 Å². The topological polar surface area (TPSA) is 100 Å². The van der Waals surface area contributed by atoms with E-state index in [2.05, 4.69) is 0 Å². The van der Waals surface area contributed by atoms with Crippen LogP contribution in [-0.4, -0.2) is 23.0 Å². The van der Waals surface area contributed by atoms with Crippen molar-refractivity contribution < 1.29 is 18.7 Å². The van der Waals surface area contributed by atoms with Crippen LogP contribution in [0.15, 0.2) is 102 Å². The molecular weight excluding hydrogens is 466 g/mol. The summed E-state index contributed by atoms with van der Waals surface area (Å²) in [4.78, 5) is 21.2. The van der Waals surface area contributed by atoms with Crippen LogP contribution < -0.4 is 10.5 Å². The number of methoxy groups -OCH3 is 1. The van der Waals surface area contributed by atoms with E-state index in [-0.39, 0.29) is 12.6 Å². The van der Waals surface area contributed by atoms with Crippen LogP contribution in [0.25, 0.3) is 33.6 Å². The molecule has 0 fully saturated rings. The van der Waals surface area contributed by atoms with Gasteiger partial charge in [0.15, 0.2) is 0 Å². The van der Waals surface area contributed by atoms with Crippen LogP contribution in [0.5, 0.6) is 5.88 Å². The molecule has 2 heterocycles. The third-order valence-corrected chi connectivity index (χ3v) is 5.99. The molecule has 0 spiro atoms. The molecule has 2 aromatic heterocycles. The second-order valence-electron chi connectivity index (χ2n) is 8.37. The van der Waals surface area contributed by atoms with Crippen molar-refractivity contribution in [2.75, 3.05) is 7.11 Å². The summed E-state index contributed by atoms with van der Waals surface area (Å²) < 4.78 is 15.9. The predicted octanol–water partition coefficient (Wildman–Crippen LogP) is 5.89. The third-order valence-electron chi connectivity index (χ3n) is 5.99. The number of hydrogen-bond acceptors (Lipinski definition) is 7. The van der Waals surface area contributed by atoms with E-state index >= 15 is 0 Å². The van der Waals surface area contributed by atoms with Crippen LogP contribution in [0.3, 0.4) is 0 Å². The van der Waals surface area contributed by atoms with E-state index < -0.39 is 0 Å². The summed E-state index contributed by atoms with van der Waals surface area (Å²) in [6, 6.07) is 25.0.